The lowest BCUT2D eigenvalue weighted by Crippen LogP contribution is -2.53. The minimum Gasteiger partial charge on any atom is -0.375 e. The first-order chi connectivity index (χ1) is 9.40. The molecule has 0 spiro atoms. The maximum absolute atomic E-state index is 12.7. The Hall–Kier alpha value is -1.59. The second kappa shape index (κ2) is 5.66. The molecule has 1 aromatic heterocycles. The molecule has 0 aliphatic carbocycles. The number of aromatic nitrogens is 2. The summed E-state index contributed by atoms with van der Waals surface area (Å²) >= 11 is 0. The second-order valence-electron chi connectivity index (χ2n) is 7.18. The van der Waals surface area contributed by atoms with Gasteiger partial charge in [-0.15, -0.1) is 0 Å². The van der Waals surface area contributed by atoms with Gasteiger partial charge < -0.3 is 4.42 Å². The molecule has 0 aliphatic heterocycles. The summed E-state index contributed by atoms with van der Waals surface area (Å²) in [5.41, 5.74) is -1.24. The van der Waals surface area contributed by atoms with Gasteiger partial charge in [-0.3, -0.25) is 0 Å². The molecule has 6 heteroatoms. The third-order valence-electron chi connectivity index (χ3n) is 3.41. The van der Waals surface area contributed by atoms with Gasteiger partial charge in [0.25, 0.3) is 0 Å². The molecule has 21 heavy (non-hydrogen) atoms. The van der Waals surface area contributed by atoms with Gasteiger partial charge in [0.1, 0.15) is 0 Å². The molecule has 0 atom stereocenters. The Balaban J connectivity index is 3.93. The summed E-state index contributed by atoms with van der Waals surface area (Å²) in [5.74, 6) is -0.666. The van der Waals surface area contributed by atoms with E-state index in [1.54, 1.807) is 13.8 Å². The van der Waals surface area contributed by atoms with Crippen molar-refractivity contribution in [2.75, 3.05) is 0 Å². The normalized spacial score (nSPS) is 14.0. The third kappa shape index (κ3) is 3.74. The predicted molar refractivity (Wildman–Crippen MR) is 82.5 cm³/mol. The van der Waals surface area contributed by atoms with Gasteiger partial charge in [-0.05, 0) is 54.9 Å². The lowest BCUT2D eigenvalue weighted by molar-refractivity contribution is 0.229. The average molecular weight is 297 g/mol. The van der Waals surface area contributed by atoms with Gasteiger partial charge in [-0.25, -0.2) is 23.7 Å². The van der Waals surface area contributed by atoms with E-state index < -0.39 is 16.8 Å². The van der Waals surface area contributed by atoms with Crippen LogP contribution < -0.4 is 17.1 Å². The highest BCUT2D eigenvalue weighted by molar-refractivity contribution is 4.84. The van der Waals surface area contributed by atoms with Crippen molar-refractivity contribution in [2.45, 2.75) is 78.9 Å². The summed E-state index contributed by atoms with van der Waals surface area (Å²) in [5, 5.41) is 0. The SMILES string of the molecule is CCC(C)(C)N=c1oc(=O)n(C(C)C)c(=O)n1C(C)(C)C. The fourth-order valence-corrected chi connectivity index (χ4v) is 1.86. The summed E-state index contributed by atoms with van der Waals surface area (Å²) in [6.07, 6.45) is 0.772. The molecule has 0 aliphatic rings. The molecule has 120 valence electrons. The van der Waals surface area contributed by atoms with Crippen molar-refractivity contribution in [3.05, 3.63) is 26.7 Å². The topological polar surface area (TPSA) is 69.5 Å². The number of rotatable bonds is 3. The van der Waals surface area contributed by atoms with Crippen LogP contribution in [0.25, 0.3) is 0 Å². The summed E-state index contributed by atoms with van der Waals surface area (Å²) in [7, 11) is 0. The minimum atomic E-state index is -0.666. The molecule has 1 aromatic rings. The van der Waals surface area contributed by atoms with Crippen molar-refractivity contribution in [1.29, 1.82) is 0 Å². The first-order valence-corrected chi connectivity index (χ1v) is 7.36. The fourth-order valence-electron chi connectivity index (χ4n) is 1.86. The minimum absolute atomic E-state index is 0.0845. The first kappa shape index (κ1) is 17.5. The molecular weight excluding hydrogens is 270 g/mol. The fraction of sp³-hybridized carbons (Fsp3) is 0.800. The van der Waals surface area contributed by atoms with E-state index in [0.717, 1.165) is 11.0 Å². The van der Waals surface area contributed by atoms with Crippen molar-refractivity contribution < 1.29 is 4.42 Å². The monoisotopic (exact) mass is 297 g/mol. The molecule has 0 aromatic carbocycles. The quantitative estimate of drug-likeness (QED) is 0.857. The number of nitrogens with zero attached hydrogens (tertiary/aromatic N) is 3. The summed E-state index contributed by atoms with van der Waals surface area (Å²) < 4.78 is 7.91. The van der Waals surface area contributed by atoms with Crippen LogP contribution in [-0.2, 0) is 5.54 Å². The molecule has 6 nitrogen and oxygen atoms in total. The first-order valence-electron chi connectivity index (χ1n) is 7.36. The number of hydrogen-bond acceptors (Lipinski definition) is 4. The van der Waals surface area contributed by atoms with E-state index in [1.165, 1.54) is 4.57 Å². The molecule has 0 bridgehead atoms. The van der Waals surface area contributed by atoms with Crippen molar-refractivity contribution in [3.8, 4) is 0 Å². The smallest absolute Gasteiger partial charge is 0.375 e. The van der Waals surface area contributed by atoms with Crippen LogP contribution in [-0.4, -0.2) is 14.7 Å². The average Bonchev–Trinajstić information content (AvgIpc) is 2.24. The Morgan fingerprint density at radius 1 is 1.14 bits per heavy atom. The van der Waals surface area contributed by atoms with Gasteiger partial charge in [-0.1, -0.05) is 6.92 Å². The Labute approximate surface area is 125 Å². The van der Waals surface area contributed by atoms with Gasteiger partial charge in [0, 0.05) is 11.6 Å². The van der Waals surface area contributed by atoms with Gasteiger partial charge >= 0.3 is 17.1 Å². The molecule has 1 rings (SSSR count). The van der Waals surface area contributed by atoms with Crippen molar-refractivity contribution in [1.82, 2.24) is 9.13 Å². The Morgan fingerprint density at radius 3 is 2.05 bits per heavy atom. The molecule has 0 unspecified atom stereocenters. The van der Waals surface area contributed by atoms with Crippen LogP contribution in [0.4, 0.5) is 0 Å². The molecular formula is C15H27N3O3. The second-order valence-corrected chi connectivity index (χ2v) is 7.18. The number of hydrogen-bond donors (Lipinski definition) is 0. The zero-order valence-electron chi connectivity index (χ0n) is 14.4. The summed E-state index contributed by atoms with van der Waals surface area (Å²) in [4.78, 5) is 29.2. The summed E-state index contributed by atoms with van der Waals surface area (Å²) in [6.45, 7) is 15.1. The third-order valence-corrected chi connectivity index (χ3v) is 3.41. The van der Waals surface area contributed by atoms with E-state index in [9.17, 15) is 9.59 Å². The standard InChI is InChI=1S/C15H27N3O3/c1-9-15(7,8)16-11-18(14(4,5)6)12(19)17(10(2)3)13(20)21-11/h10H,9H2,1-8H3. The van der Waals surface area contributed by atoms with Crippen molar-refractivity contribution >= 4 is 0 Å². The summed E-state index contributed by atoms with van der Waals surface area (Å²) in [6, 6.07) is -0.268. The van der Waals surface area contributed by atoms with Crippen LogP contribution in [0.1, 0.15) is 67.9 Å². The maximum Gasteiger partial charge on any atom is 0.426 e. The van der Waals surface area contributed by atoms with Crippen molar-refractivity contribution in [3.63, 3.8) is 0 Å². The van der Waals surface area contributed by atoms with E-state index in [0.29, 0.717) is 0 Å². The van der Waals surface area contributed by atoms with E-state index in [4.69, 9.17) is 4.42 Å². The highest BCUT2D eigenvalue weighted by Gasteiger charge is 2.24. The molecule has 1 heterocycles. The lowest BCUT2D eigenvalue weighted by atomic mass is 10.0. The van der Waals surface area contributed by atoms with Crippen LogP contribution in [0.3, 0.4) is 0 Å². The Bertz CT molecular complexity index is 682. The zero-order valence-corrected chi connectivity index (χ0v) is 14.4. The molecule has 0 saturated heterocycles. The molecule has 0 saturated carbocycles. The van der Waals surface area contributed by atoms with E-state index in [-0.39, 0.29) is 17.4 Å². The van der Waals surface area contributed by atoms with Crippen LogP contribution in [0.15, 0.2) is 19.0 Å². The van der Waals surface area contributed by atoms with Gasteiger partial charge in [-0.2, -0.15) is 0 Å². The predicted octanol–water partition coefficient (Wildman–Crippen LogP) is 2.03. The molecule has 0 N–H and O–H groups in total. The largest absolute Gasteiger partial charge is 0.426 e. The Kier molecular flexibility index (Phi) is 4.70. The highest BCUT2D eigenvalue weighted by Crippen LogP contribution is 2.13. The van der Waals surface area contributed by atoms with E-state index in [1.807, 2.05) is 41.5 Å². The van der Waals surface area contributed by atoms with Gasteiger partial charge in [0.2, 0.25) is 0 Å². The Morgan fingerprint density at radius 2 is 1.67 bits per heavy atom. The molecule has 0 amide bonds. The van der Waals surface area contributed by atoms with Crippen LogP contribution in [0.2, 0.25) is 0 Å². The molecule has 0 fully saturated rings. The zero-order chi connectivity index (χ0) is 16.6. The van der Waals surface area contributed by atoms with E-state index in [2.05, 4.69) is 4.99 Å². The molecule has 0 radical (unpaired) electrons. The lowest BCUT2D eigenvalue weighted by Gasteiger charge is -2.24. The van der Waals surface area contributed by atoms with E-state index >= 15 is 0 Å². The van der Waals surface area contributed by atoms with Crippen LogP contribution in [0, 0.1) is 0 Å². The van der Waals surface area contributed by atoms with Gasteiger partial charge in [0.15, 0.2) is 0 Å². The highest BCUT2D eigenvalue weighted by atomic mass is 16.4. The van der Waals surface area contributed by atoms with Crippen LogP contribution >= 0.6 is 0 Å². The van der Waals surface area contributed by atoms with Gasteiger partial charge in [0.05, 0.1) is 5.54 Å². The van der Waals surface area contributed by atoms with Crippen molar-refractivity contribution in [2.24, 2.45) is 4.99 Å². The van der Waals surface area contributed by atoms with Crippen LogP contribution in [0.5, 0.6) is 0 Å². The maximum atomic E-state index is 12.7.